The molecule has 0 bridgehead atoms. The lowest BCUT2D eigenvalue weighted by Crippen LogP contribution is -3.13. The van der Waals surface area contributed by atoms with Gasteiger partial charge in [-0.05, 0) is 59.8 Å². The van der Waals surface area contributed by atoms with Crippen LogP contribution in [0.15, 0.2) is 16.6 Å². The number of hydrogen-bond acceptors (Lipinski definition) is 1. The highest BCUT2D eigenvalue weighted by Gasteiger charge is 2.18. The molecule has 1 aromatic rings. The van der Waals surface area contributed by atoms with Gasteiger partial charge in [-0.15, -0.1) is 0 Å². The van der Waals surface area contributed by atoms with Crippen molar-refractivity contribution in [3.63, 3.8) is 0 Å². The van der Waals surface area contributed by atoms with Gasteiger partial charge in [0.2, 0.25) is 0 Å². The van der Waals surface area contributed by atoms with Gasteiger partial charge in [0.1, 0.15) is 5.75 Å². The minimum absolute atomic E-state index is 0.820. The van der Waals surface area contributed by atoms with E-state index in [1.807, 2.05) is 0 Å². The van der Waals surface area contributed by atoms with Gasteiger partial charge in [-0.25, -0.2) is 0 Å². The van der Waals surface area contributed by atoms with Gasteiger partial charge in [0.05, 0.1) is 30.7 Å². The lowest BCUT2D eigenvalue weighted by molar-refractivity contribution is -0.908. The molecule has 1 unspecified atom stereocenters. The van der Waals surface area contributed by atoms with Crippen molar-refractivity contribution >= 4 is 15.9 Å². The van der Waals surface area contributed by atoms with Crippen molar-refractivity contribution in [1.82, 2.24) is 0 Å². The third-order valence-corrected chi connectivity index (χ3v) is 4.75. The minimum atomic E-state index is 0.820. The van der Waals surface area contributed by atoms with Crippen LogP contribution in [0.4, 0.5) is 0 Å². The fourth-order valence-electron chi connectivity index (χ4n) is 3.21. The van der Waals surface area contributed by atoms with Crippen LogP contribution < -0.4 is 9.64 Å². The van der Waals surface area contributed by atoms with Gasteiger partial charge < -0.3 is 9.64 Å². The average Bonchev–Trinajstić information content (AvgIpc) is 2.36. The predicted molar refractivity (Wildman–Crippen MR) is 87.7 cm³/mol. The zero-order chi connectivity index (χ0) is 14.5. The van der Waals surface area contributed by atoms with Crippen molar-refractivity contribution in [2.75, 3.05) is 26.2 Å². The molecular weight excluding hydrogens is 314 g/mol. The second-order valence-corrected chi connectivity index (χ2v) is 7.15. The average molecular weight is 341 g/mol. The summed E-state index contributed by atoms with van der Waals surface area (Å²) in [5, 5.41) is 0. The Labute approximate surface area is 131 Å². The van der Waals surface area contributed by atoms with Crippen molar-refractivity contribution in [3.8, 4) is 5.75 Å². The number of aryl methyl sites for hydroxylation is 2. The number of halogens is 1. The standard InChI is InChI=1S/C17H26BrNO/c1-13-6-4-7-19(12-13)8-5-9-20-17-15(3)10-14(2)11-16(17)18/h10-11,13H,4-9,12H2,1-3H3/p+1/t13-/m0/s1. The molecule has 0 spiro atoms. The van der Waals surface area contributed by atoms with Crippen LogP contribution >= 0.6 is 15.9 Å². The molecule has 1 aliphatic rings. The number of ether oxygens (including phenoxy) is 1. The van der Waals surface area contributed by atoms with Gasteiger partial charge in [0.25, 0.3) is 0 Å². The molecular formula is C17H27BrNO+. The molecule has 3 heteroatoms. The summed E-state index contributed by atoms with van der Waals surface area (Å²) in [6.07, 6.45) is 3.94. The molecule has 1 aliphatic heterocycles. The second-order valence-electron chi connectivity index (χ2n) is 6.30. The monoisotopic (exact) mass is 340 g/mol. The Hall–Kier alpha value is -0.540. The van der Waals surface area contributed by atoms with Crippen LogP contribution in [0.5, 0.6) is 5.75 Å². The smallest absolute Gasteiger partial charge is 0.136 e. The summed E-state index contributed by atoms with van der Waals surface area (Å²) in [6.45, 7) is 11.4. The van der Waals surface area contributed by atoms with Gasteiger partial charge in [-0.3, -0.25) is 0 Å². The van der Waals surface area contributed by atoms with Gasteiger partial charge in [-0.1, -0.05) is 13.0 Å². The Bertz CT molecular complexity index is 424. The Balaban J connectivity index is 1.76. The van der Waals surface area contributed by atoms with E-state index in [1.165, 1.54) is 43.6 Å². The normalized spacial score (nSPS) is 22.8. The molecule has 0 radical (unpaired) electrons. The first-order chi connectivity index (χ1) is 9.56. The summed E-state index contributed by atoms with van der Waals surface area (Å²) in [6, 6.07) is 4.30. The van der Waals surface area contributed by atoms with Gasteiger partial charge in [0.15, 0.2) is 0 Å². The maximum absolute atomic E-state index is 5.98. The topological polar surface area (TPSA) is 13.7 Å². The van der Waals surface area contributed by atoms with Crippen LogP contribution in [0.2, 0.25) is 0 Å². The maximum atomic E-state index is 5.98. The van der Waals surface area contributed by atoms with Crippen molar-refractivity contribution in [2.45, 2.75) is 40.0 Å². The van der Waals surface area contributed by atoms with E-state index in [4.69, 9.17) is 4.74 Å². The van der Waals surface area contributed by atoms with Crippen LogP contribution in [0.3, 0.4) is 0 Å². The Kier molecular flexibility index (Phi) is 5.91. The molecule has 112 valence electrons. The zero-order valence-corrected chi connectivity index (χ0v) is 14.6. The van der Waals surface area contributed by atoms with E-state index >= 15 is 0 Å². The Morgan fingerprint density at radius 1 is 1.35 bits per heavy atom. The van der Waals surface area contributed by atoms with E-state index in [2.05, 4.69) is 48.8 Å². The molecule has 2 nitrogen and oxygen atoms in total. The first-order valence-electron chi connectivity index (χ1n) is 7.79. The molecule has 0 aromatic heterocycles. The molecule has 2 atom stereocenters. The number of piperidine rings is 1. The lowest BCUT2D eigenvalue weighted by Gasteiger charge is -2.27. The highest BCUT2D eigenvalue weighted by molar-refractivity contribution is 9.10. The first kappa shape index (κ1) is 15.8. The molecule has 1 heterocycles. The zero-order valence-electron chi connectivity index (χ0n) is 13.0. The Morgan fingerprint density at radius 3 is 2.85 bits per heavy atom. The van der Waals surface area contributed by atoms with E-state index in [0.29, 0.717) is 0 Å². The van der Waals surface area contributed by atoms with E-state index in [1.54, 1.807) is 4.90 Å². The summed E-state index contributed by atoms with van der Waals surface area (Å²) < 4.78 is 7.06. The third-order valence-electron chi connectivity index (χ3n) is 4.16. The minimum Gasteiger partial charge on any atom is -0.492 e. The van der Waals surface area contributed by atoms with Gasteiger partial charge in [0, 0.05) is 12.3 Å². The van der Waals surface area contributed by atoms with Gasteiger partial charge >= 0.3 is 0 Å². The number of benzene rings is 1. The van der Waals surface area contributed by atoms with Crippen LogP contribution in [0.1, 0.15) is 37.3 Å². The highest BCUT2D eigenvalue weighted by Crippen LogP contribution is 2.30. The van der Waals surface area contributed by atoms with Crippen molar-refractivity contribution in [2.24, 2.45) is 5.92 Å². The van der Waals surface area contributed by atoms with Crippen molar-refractivity contribution in [3.05, 3.63) is 27.7 Å². The van der Waals surface area contributed by atoms with Gasteiger partial charge in [-0.2, -0.15) is 0 Å². The summed E-state index contributed by atoms with van der Waals surface area (Å²) in [5.74, 6) is 1.91. The molecule has 1 fully saturated rings. The summed E-state index contributed by atoms with van der Waals surface area (Å²) in [4.78, 5) is 1.76. The number of likely N-dealkylation sites (tertiary alicyclic amines) is 1. The van der Waals surface area contributed by atoms with Crippen molar-refractivity contribution in [1.29, 1.82) is 0 Å². The molecule has 0 saturated carbocycles. The summed E-state index contributed by atoms with van der Waals surface area (Å²) in [7, 11) is 0. The lowest BCUT2D eigenvalue weighted by atomic mass is 10.0. The van der Waals surface area contributed by atoms with Crippen molar-refractivity contribution < 1.29 is 9.64 Å². The summed E-state index contributed by atoms with van der Waals surface area (Å²) in [5.41, 5.74) is 2.49. The van der Waals surface area contributed by atoms with Crippen LogP contribution in [0.25, 0.3) is 0 Å². The first-order valence-corrected chi connectivity index (χ1v) is 8.58. The van der Waals surface area contributed by atoms with E-state index < -0.39 is 0 Å². The molecule has 20 heavy (non-hydrogen) atoms. The quantitative estimate of drug-likeness (QED) is 0.813. The molecule has 1 saturated heterocycles. The number of hydrogen-bond donors (Lipinski definition) is 1. The highest BCUT2D eigenvalue weighted by atomic mass is 79.9. The fraction of sp³-hybridized carbons (Fsp3) is 0.647. The van der Waals surface area contributed by atoms with E-state index in [-0.39, 0.29) is 0 Å². The number of rotatable bonds is 5. The van der Waals surface area contributed by atoms with Crippen LogP contribution in [-0.2, 0) is 0 Å². The van der Waals surface area contributed by atoms with E-state index in [0.717, 1.165) is 29.2 Å². The largest absolute Gasteiger partial charge is 0.492 e. The Morgan fingerprint density at radius 2 is 2.15 bits per heavy atom. The van der Waals surface area contributed by atoms with Crippen LogP contribution in [0, 0.1) is 19.8 Å². The molecule has 1 aromatic carbocycles. The molecule has 0 amide bonds. The number of nitrogens with one attached hydrogen (secondary N) is 1. The SMILES string of the molecule is Cc1cc(C)c(OCCC[NH+]2CCC[C@H](C)C2)c(Br)c1. The predicted octanol–water partition coefficient (Wildman–Crippen LogP) is 3.15. The molecule has 1 N–H and O–H groups in total. The fourth-order valence-corrected chi connectivity index (χ4v) is 3.99. The molecule has 0 aliphatic carbocycles. The number of quaternary nitrogens is 1. The summed E-state index contributed by atoms with van der Waals surface area (Å²) >= 11 is 3.60. The molecule has 2 rings (SSSR count). The second kappa shape index (κ2) is 7.46. The van der Waals surface area contributed by atoms with E-state index in [9.17, 15) is 0 Å². The van der Waals surface area contributed by atoms with Crippen LogP contribution in [-0.4, -0.2) is 26.2 Å². The third kappa shape index (κ3) is 4.49. The maximum Gasteiger partial charge on any atom is 0.136 e.